The van der Waals surface area contributed by atoms with Crippen molar-refractivity contribution >= 4 is 17.4 Å². The van der Waals surface area contributed by atoms with E-state index < -0.39 is 0 Å². The Bertz CT molecular complexity index is 559. The molecule has 0 bridgehead atoms. The predicted octanol–water partition coefficient (Wildman–Crippen LogP) is 3.81. The molecule has 0 unspecified atom stereocenters. The first-order valence-electron chi connectivity index (χ1n) is 6.14. The van der Waals surface area contributed by atoms with Gasteiger partial charge < -0.3 is 14.9 Å². The van der Waals surface area contributed by atoms with Crippen LogP contribution in [0, 0.1) is 13.8 Å². The topological polar surface area (TPSA) is 61.3 Å². The number of ether oxygens (including phenoxy) is 1. The SMILES string of the molecule is Cc1nc(Sc2cccc(OC(C)C)c2N)oc1C. The van der Waals surface area contributed by atoms with Crippen LogP contribution in [-0.2, 0) is 0 Å². The highest BCUT2D eigenvalue weighted by Crippen LogP contribution is 2.37. The Kier molecular flexibility index (Phi) is 4.04. The van der Waals surface area contributed by atoms with Gasteiger partial charge in [-0.1, -0.05) is 6.07 Å². The van der Waals surface area contributed by atoms with Crippen molar-refractivity contribution in [3.63, 3.8) is 0 Å². The molecule has 5 heteroatoms. The molecule has 2 aromatic rings. The molecule has 0 spiro atoms. The fourth-order valence-corrected chi connectivity index (χ4v) is 2.45. The predicted molar refractivity (Wildman–Crippen MR) is 76.7 cm³/mol. The third kappa shape index (κ3) is 3.23. The van der Waals surface area contributed by atoms with E-state index in [9.17, 15) is 0 Å². The van der Waals surface area contributed by atoms with Crippen molar-refractivity contribution in [1.29, 1.82) is 0 Å². The summed E-state index contributed by atoms with van der Waals surface area (Å²) in [5, 5.41) is 0.600. The van der Waals surface area contributed by atoms with Crippen molar-refractivity contribution in [2.75, 3.05) is 5.73 Å². The lowest BCUT2D eigenvalue weighted by Gasteiger charge is -2.13. The van der Waals surface area contributed by atoms with Crippen LogP contribution in [0.15, 0.2) is 32.7 Å². The van der Waals surface area contributed by atoms with Gasteiger partial charge in [-0.25, -0.2) is 4.98 Å². The molecule has 0 saturated carbocycles. The minimum absolute atomic E-state index is 0.0915. The van der Waals surface area contributed by atoms with Crippen molar-refractivity contribution < 1.29 is 9.15 Å². The monoisotopic (exact) mass is 278 g/mol. The summed E-state index contributed by atoms with van der Waals surface area (Å²) < 4.78 is 11.2. The van der Waals surface area contributed by atoms with E-state index in [4.69, 9.17) is 14.9 Å². The largest absolute Gasteiger partial charge is 0.489 e. The molecule has 0 aliphatic rings. The number of hydrogen-bond donors (Lipinski definition) is 1. The fraction of sp³-hybridized carbons (Fsp3) is 0.357. The molecule has 0 fully saturated rings. The second-order valence-corrected chi connectivity index (χ2v) is 5.55. The van der Waals surface area contributed by atoms with Gasteiger partial charge in [-0.3, -0.25) is 0 Å². The van der Waals surface area contributed by atoms with Gasteiger partial charge in [-0.2, -0.15) is 0 Å². The normalized spacial score (nSPS) is 11.0. The van der Waals surface area contributed by atoms with E-state index in [1.165, 1.54) is 11.8 Å². The third-order valence-corrected chi connectivity index (χ3v) is 3.52. The zero-order chi connectivity index (χ0) is 14.0. The van der Waals surface area contributed by atoms with E-state index in [1.54, 1.807) is 0 Å². The van der Waals surface area contributed by atoms with Crippen molar-refractivity contribution in [3.05, 3.63) is 29.7 Å². The Morgan fingerprint density at radius 1 is 1.32 bits per heavy atom. The van der Waals surface area contributed by atoms with Crippen LogP contribution in [0.5, 0.6) is 5.75 Å². The van der Waals surface area contributed by atoms with Gasteiger partial charge in [0.15, 0.2) is 0 Å². The zero-order valence-electron chi connectivity index (χ0n) is 11.6. The molecule has 2 rings (SSSR count). The lowest BCUT2D eigenvalue weighted by Crippen LogP contribution is -2.07. The number of anilines is 1. The van der Waals surface area contributed by atoms with E-state index >= 15 is 0 Å². The van der Waals surface area contributed by atoms with Crippen LogP contribution in [0.3, 0.4) is 0 Å². The third-order valence-electron chi connectivity index (χ3n) is 2.59. The highest BCUT2D eigenvalue weighted by Gasteiger charge is 2.12. The number of nitrogens with zero attached hydrogens (tertiary/aromatic N) is 1. The lowest BCUT2D eigenvalue weighted by molar-refractivity contribution is 0.243. The number of para-hydroxylation sites is 1. The second-order valence-electron chi connectivity index (χ2n) is 4.56. The first kappa shape index (κ1) is 13.8. The smallest absolute Gasteiger partial charge is 0.261 e. The Morgan fingerprint density at radius 3 is 2.63 bits per heavy atom. The van der Waals surface area contributed by atoms with E-state index in [0.717, 1.165) is 16.3 Å². The molecule has 1 heterocycles. The number of nitrogens with two attached hydrogens (primary N) is 1. The van der Waals surface area contributed by atoms with Gasteiger partial charge >= 0.3 is 0 Å². The summed E-state index contributed by atoms with van der Waals surface area (Å²) in [4.78, 5) is 5.23. The summed E-state index contributed by atoms with van der Waals surface area (Å²) in [6.45, 7) is 7.76. The molecule has 1 aromatic heterocycles. The second kappa shape index (κ2) is 5.57. The number of rotatable bonds is 4. The molecule has 0 atom stereocenters. The maximum Gasteiger partial charge on any atom is 0.261 e. The van der Waals surface area contributed by atoms with Crippen molar-refractivity contribution in [3.8, 4) is 5.75 Å². The molecule has 0 radical (unpaired) electrons. The summed E-state index contributed by atoms with van der Waals surface area (Å²) in [6, 6.07) is 5.71. The summed E-state index contributed by atoms with van der Waals surface area (Å²) >= 11 is 1.41. The van der Waals surface area contributed by atoms with Gasteiger partial charge in [0.1, 0.15) is 11.5 Å². The lowest BCUT2D eigenvalue weighted by atomic mass is 10.3. The van der Waals surface area contributed by atoms with Gasteiger partial charge in [-0.15, -0.1) is 0 Å². The van der Waals surface area contributed by atoms with Gasteiger partial charge in [0.05, 0.1) is 17.5 Å². The quantitative estimate of drug-likeness (QED) is 0.862. The number of aryl methyl sites for hydroxylation is 2. The summed E-state index contributed by atoms with van der Waals surface area (Å²) in [7, 11) is 0. The Hall–Kier alpha value is -1.62. The molecule has 0 aliphatic carbocycles. The maximum absolute atomic E-state index is 6.11. The highest BCUT2D eigenvalue weighted by molar-refractivity contribution is 7.99. The van der Waals surface area contributed by atoms with Gasteiger partial charge in [0.25, 0.3) is 5.22 Å². The molecular formula is C14H18N2O2S. The van der Waals surface area contributed by atoms with Gasteiger partial charge in [0.2, 0.25) is 0 Å². The minimum atomic E-state index is 0.0915. The van der Waals surface area contributed by atoms with Gasteiger partial charge in [-0.05, 0) is 51.6 Å². The van der Waals surface area contributed by atoms with E-state index in [2.05, 4.69) is 4.98 Å². The van der Waals surface area contributed by atoms with Crippen LogP contribution < -0.4 is 10.5 Å². The summed E-state index contributed by atoms with van der Waals surface area (Å²) in [6.07, 6.45) is 0.0915. The van der Waals surface area contributed by atoms with Crippen LogP contribution in [0.25, 0.3) is 0 Å². The molecule has 2 N–H and O–H groups in total. The Balaban J connectivity index is 2.25. The van der Waals surface area contributed by atoms with Crippen LogP contribution in [-0.4, -0.2) is 11.1 Å². The van der Waals surface area contributed by atoms with Crippen LogP contribution in [0.2, 0.25) is 0 Å². The van der Waals surface area contributed by atoms with Crippen molar-refractivity contribution in [1.82, 2.24) is 4.98 Å². The van der Waals surface area contributed by atoms with E-state index in [0.29, 0.717) is 16.7 Å². The highest BCUT2D eigenvalue weighted by atomic mass is 32.2. The fourth-order valence-electron chi connectivity index (χ4n) is 1.55. The number of benzene rings is 1. The van der Waals surface area contributed by atoms with Crippen molar-refractivity contribution in [2.45, 2.75) is 43.9 Å². The summed E-state index contributed by atoms with van der Waals surface area (Å²) in [5.41, 5.74) is 7.63. The maximum atomic E-state index is 6.11. The Labute approximate surface area is 117 Å². The molecule has 4 nitrogen and oxygen atoms in total. The molecule has 0 saturated heterocycles. The standard InChI is InChI=1S/C14H18N2O2S/c1-8(2)17-11-6-5-7-12(13(11)15)19-14-16-9(3)10(4)18-14/h5-8H,15H2,1-4H3. The average molecular weight is 278 g/mol. The van der Waals surface area contributed by atoms with Gasteiger partial charge in [0, 0.05) is 4.90 Å². The molecule has 19 heavy (non-hydrogen) atoms. The summed E-state index contributed by atoms with van der Waals surface area (Å²) in [5.74, 6) is 1.52. The average Bonchev–Trinajstić information content (AvgIpc) is 2.63. The number of aromatic nitrogens is 1. The first-order valence-corrected chi connectivity index (χ1v) is 6.96. The molecule has 102 valence electrons. The number of oxazole rings is 1. The molecule has 0 amide bonds. The van der Waals surface area contributed by atoms with Crippen LogP contribution >= 0.6 is 11.8 Å². The Morgan fingerprint density at radius 2 is 2.05 bits per heavy atom. The number of hydrogen-bond acceptors (Lipinski definition) is 5. The first-order chi connectivity index (χ1) is 8.97. The molecule has 1 aromatic carbocycles. The molecule has 0 aliphatic heterocycles. The van der Waals surface area contributed by atoms with Crippen molar-refractivity contribution in [2.24, 2.45) is 0 Å². The van der Waals surface area contributed by atoms with E-state index in [1.807, 2.05) is 45.9 Å². The van der Waals surface area contributed by atoms with Crippen LogP contribution in [0.4, 0.5) is 5.69 Å². The number of nitrogen functional groups attached to an aromatic ring is 1. The zero-order valence-corrected chi connectivity index (χ0v) is 12.4. The molecular weight excluding hydrogens is 260 g/mol. The van der Waals surface area contributed by atoms with Crippen LogP contribution in [0.1, 0.15) is 25.3 Å². The van der Waals surface area contributed by atoms with E-state index in [-0.39, 0.29) is 6.10 Å². The minimum Gasteiger partial charge on any atom is -0.489 e.